The predicted octanol–water partition coefficient (Wildman–Crippen LogP) is 0.860. The van der Waals surface area contributed by atoms with Crippen molar-refractivity contribution in [3.8, 4) is 0 Å². The molecule has 6 nitrogen and oxygen atoms in total. The van der Waals surface area contributed by atoms with Crippen molar-refractivity contribution in [3.63, 3.8) is 0 Å². The number of nitrogens with zero attached hydrogens (tertiary/aromatic N) is 1. The molecule has 2 N–H and O–H groups in total. The number of aliphatic carboxylic acids is 1. The molecule has 0 radical (unpaired) electrons. The van der Waals surface area contributed by atoms with Gasteiger partial charge in [0.15, 0.2) is 0 Å². The minimum absolute atomic E-state index is 0.00715. The molecule has 2 unspecified atom stereocenters. The van der Waals surface area contributed by atoms with E-state index in [1.54, 1.807) is 11.8 Å². The van der Waals surface area contributed by atoms with E-state index in [4.69, 9.17) is 0 Å². The Balaban J connectivity index is 2.64. The summed E-state index contributed by atoms with van der Waals surface area (Å²) in [6, 6.07) is -0.0217. The molecule has 1 saturated heterocycles. The molecule has 0 bridgehead atoms. The largest absolute Gasteiger partial charge is 0.481 e. The molecule has 2 atom stereocenters. The highest BCUT2D eigenvalue weighted by Gasteiger charge is 2.40. The third kappa shape index (κ3) is 3.71. The number of likely N-dealkylation sites (tertiary alicyclic amines) is 1. The number of rotatable bonds is 5. The maximum Gasteiger partial charge on any atom is 0.310 e. The Hall–Kier alpha value is -1.59. The Bertz CT molecular complexity index is 408. The monoisotopic (exact) mass is 284 g/mol. The summed E-state index contributed by atoms with van der Waals surface area (Å²) in [4.78, 5) is 36.3. The van der Waals surface area contributed by atoms with Crippen LogP contribution in [0.1, 0.15) is 40.5 Å². The van der Waals surface area contributed by atoms with E-state index in [-0.39, 0.29) is 30.2 Å². The van der Waals surface area contributed by atoms with Gasteiger partial charge in [0.05, 0.1) is 5.41 Å². The number of carbonyl (C=O) groups excluding carboxylic acids is 2. The highest BCUT2D eigenvalue weighted by molar-refractivity contribution is 5.85. The molecule has 0 aromatic carbocycles. The number of hydrogen-bond acceptors (Lipinski definition) is 3. The van der Waals surface area contributed by atoms with Crippen LogP contribution < -0.4 is 5.32 Å². The summed E-state index contributed by atoms with van der Waals surface area (Å²) in [5.74, 6) is -1.34. The van der Waals surface area contributed by atoms with Crippen LogP contribution in [-0.2, 0) is 14.4 Å². The van der Waals surface area contributed by atoms with Crippen molar-refractivity contribution in [3.05, 3.63) is 0 Å². The quantitative estimate of drug-likeness (QED) is 0.784. The maximum atomic E-state index is 12.3. The Morgan fingerprint density at radius 2 is 2.00 bits per heavy atom. The highest BCUT2D eigenvalue weighted by Crippen LogP contribution is 2.32. The highest BCUT2D eigenvalue weighted by atomic mass is 16.4. The summed E-state index contributed by atoms with van der Waals surface area (Å²) in [5, 5.41) is 12.1. The predicted molar refractivity (Wildman–Crippen MR) is 74.0 cm³/mol. The van der Waals surface area contributed by atoms with Crippen LogP contribution >= 0.6 is 0 Å². The van der Waals surface area contributed by atoms with Gasteiger partial charge in [0.25, 0.3) is 0 Å². The number of nitrogens with one attached hydrogen (secondary N) is 1. The first-order chi connectivity index (χ1) is 9.16. The lowest BCUT2D eigenvalue weighted by Gasteiger charge is -2.30. The standard InChI is InChI=1S/C14H24N2O4/c1-9(2)14(4,13(19)20)7-12(18)16-6-5-11(8-16)15-10(3)17/h9,11H,5-8H2,1-4H3,(H,15,17)(H,19,20). The summed E-state index contributed by atoms with van der Waals surface area (Å²) in [6.45, 7) is 7.71. The fraction of sp³-hybridized carbons (Fsp3) is 0.786. The lowest BCUT2D eigenvalue weighted by atomic mass is 9.76. The van der Waals surface area contributed by atoms with Crippen molar-refractivity contribution < 1.29 is 19.5 Å². The van der Waals surface area contributed by atoms with Gasteiger partial charge in [-0.05, 0) is 19.3 Å². The van der Waals surface area contributed by atoms with Gasteiger partial charge in [-0.15, -0.1) is 0 Å². The molecular weight excluding hydrogens is 260 g/mol. The van der Waals surface area contributed by atoms with Crippen LogP contribution in [0.5, 0.6) is 0 Å². The van der Waals surface area contributed by atoms with Gasteiger partial charge >= 0.3 is 5.97 Å². The smallest absolute Gasteiger partial charge is 0.310 e. The van der Waals surface area contributed by atoms with Crippen LogP contribution in [-0.4, -0.2) is 46.9 Å². The van der Waals surface area contributed by atoms with E-state index in [2.05, 4.69) is 5.32 Å². The normalized spacial score (nSPS) is 21.6. The van der Waals surface area contributed by atoms with Crippen LogP contribution in [0.25, 0.3) is 0 Å². The van der Waals surface area contributed by atoms with E-state index in [1.165, 1.54) is 6.92 Å². The Labute approximate surface area is 119 Å². The number of amides is 2. The van der Waals surface area contributed by atoms with Gasteiger partial charge in [-0.1, -0.05) is 13.8 Å². The van der Waals surface area contributed by atoms with Crippen molar-refractivity contribution in [2.45, 2.75) is 46.6 Å². The van der Waals surface area contributed by atoms with Gasteiger partial charge in [0, 0.05) is 32.5 Å². The first-order valence-corrected chi connectivity index (χ1v) is 6.95. The van der Waals surface area contributed by atoms with Crippen LogP contribution in [0.4, 0.5) is 0 Å². The topological polar surface area (TPSA) is 86.7 Å². The van der Waals surface area contributed by atoms with Crippen LogP contribution in [0.2, 0.25) is 0 Å². The Kier molecular flexibility index (Phi) is 5.14. The van der Waals surface area contributed by atoms with Crippen molar-refractivity contribution in [1.29, 1.82) is 0 Å². The minimum atomic E-state index is -1.05. The van der Waals surface area contributed by atoms with Gasteiger partial charge in [-0.2, -0.15) is 0 Å². The Morgan fingerprint density at radius 3 is 2.45 bits per heavy atom. The molecular formula is C14H24N2O4. The summed E-state index contributed by atoms with van der Waals surface area (Å²) >= 11 is 0. The molecule has 1 fully saturated rings. The fourth-order valence-corrected chi connectivity index (χ4v) is 2.34. The second-order valence-corrected chi connectivity index (χ2v) is 6.08. The number of carboxylic acid groups (broad SMARTS) is 1. The minimum Gasteiger partial charge on any atom is -0.481 e. The van der Waals surface area contributed by atoms with Crippen molar-refractivity contribution in [1.82, 2.24) is 10.2 Å². The van der Waals surface area contributed by atoms with E-state index in [0.717, 1.165) is 6.42 Å². The molecule has 0 spiro atoms. The second kappa shape index (κ2) is 6.24. The zero-order valence-electron chi connectivity index (χ0n) is 12.6. The summed E-state index contributed by atoms with van der Waals surface area (Å²) in [7, 11) is 0. The van der Waals surface area contributed by atoms with E-state index >= 15 is 0 Å². The van der Waals surface area contributed by atoms with Crippen LogP contribution in [0.15, 0.2) is 0 Å². The lowest BCUT2D eigenvalue weighted by molar-refractivity contribution is -0.155. The zero-order valence-corrected chi connectivity index (χ0v) is 12.6. The van der Waals surface area contributed by atoms with E-state index < -0.39 is 11.4 Å². The molecule has 0 aliphatic carbocycles. The zero-order chi connectivity index (χ0) is 15.5. The molecule has 1 aliphatic heterocycles. The number of hydrogen-bond donors (Lipinski definition) is 2. The first-order valence-electron chi connectivity index (χ1n) is 6.95. The first kappa shape index (κ1) is 16.5. The van der Waals surface area contributed by atoms with Gasteiger partial charge in [0.2, 0.25) is 11.8 Å². The maximum absolute atomic E-state index is 12.3. The number of carboxylic acids is 1. The van der Waals surface area contributed by atoms with Crippen LogP contribution in [0.3, 0.4) is 0 Å². The summed E-state index contributed by atoms with van der Waals surface area (Å²) in [6.07, 6.45) is 0.712. The molecule has 1 heterocycles. The Morgan fingerprint density at radius 1 is 1.40 bits per heavy atom. The average molecular weight is 284 g/mol. The third-order valence-electron chi connectivity index (χ3n) is 4.23. The van der Waals surface area contributed by atoms with Crippen molar-refractivity contribution in [2.75, 3.05) is 13.1 Å². The van der Waals surface area contributed by atoms with Crippen molar-refractivity contribution in [2.24, 2.45) is 11.3 Å². The molecule has 0 saturated carbocycles. The molecule has 0 aromatic rings. The third-order valence-corrected chi connectivity index (χ3v) is 4.23. The van der Waals surface area contributed by atoms with E-state index in [1.807, 2.05) is 13.8 Å². The average Bonchev–Trinajstić information content (AvgIpc) is 2.75. The molecule has 0 aromatic heterocycles. The molecule has 20 heavy (non-hydrogen) atoms. The van der Waals surface area contributed by atoms with Gasteiger partial charge in [-0.25, -0.2) is 0 Å². The molecule has 1 aliphatic rings. The number of carbonyl (C=O) groups is 3. The molecule has 6 heteroatoms. The molecule has 2 amide bonds. The lowest BCUT2D eigenvalue weighted by Crippen LogP contribution is -2.42. The molecule has 114 valence electrons. The molecule has 1 rings (SSSR count). The summed E-state index contributed by atoms with van der Waals surface area (Å²) < 4.78 is 0. The SMILES string of the molecule is CC(=O)NC1CCN(C(=O)CC(C)(C(=O)O)C(C)C)C1. The fourth-order valence-electron chi connectivity index (χ4n) is 2.34. The van der Waals surface area contributed by atoms with Gasteiger partial charge in [0.1, 0.15) is 0 Å². The van der Waals surface area contributed by atoms with Gasteiger partial charge in [-0.3, -0.25) is 14.4 Å². The van der Waals surface area contributed by atoms with Gasteiger partial charge < -0.3 is 15.3 Å². The van der Waals surface area contributed by atoms with E-state index in [9.17, 15) is 19.5 Å². The summed E-state index contributed by atoms with van der Waals surface area (Å²) in [5.41, 5.74) is -1.05. The van der Waals surface area contributed by atoms with Crippen LogP contribution in [0, 0.1) is 11.3 Å². The second-order valence-electron chi connectivity index (χ2n) is 6.08. The van der Waals surface area contributed by atoms with Crippen molar-refractivity contribution >= 4 is 17.8 Å². The van der Waals surface area contributed by atoms with E-state index in [0.29, 0.717) is 13.1 Å².